The molecule has 0 bridgehead atoms. The van der Waals surface area contributed by atoms with Gasteiger partial charge in [0, 0.05) is 4.91 Å². The first-order valence-corrected chi connectivity index (χ1v) is 4.87. The summed E-state index contributed by atoms with van der Waals surface area (Å²) in [6.45, 7) is 0. The summed E-state index contributed by atoms with van der Waals surface area (Å²) in [5.74, 6) is 0.314. The fourth-order valence-electron chi connectivity index (χ4n) is 1.19. The Hall–Kier alpha value is -1.09. The van der Waals surface area contributed by atoms with Crippen molar-refractivity contribution in [2.45, 2.75) is 0 Å². The van der Waals surface area contributed by atoms with Crippen LogP contribution >= 0.6 is 11.8 Å². The first-order valence-electron chi connectivity index (χ1n) is 3.89. The molecular weight excluding hydrogens is 187 g/mol. The predicted octanol–water partition coefficient (Wildman–Crippen LogP) is 2.48. The molecule has 0 radical (unpaired) electrons. The van der Waals surface area contributed by atoms with Crippen molar-refractivity contribution in [1.82, 2.24) is 0 Å². The van der Waals surface area contributed by atoms with Gasteiger partial charge in [-0.05, 0) is 23.8 Å². The average Bonchev–Trinajstić information content (AvgIpc) is 2.52. The molecule has 0 aliphatic carbocycles. The maximum Gasteiger partial charge on any atom is 0.167 e. The zero-order valence-corrected chi connectivity index (χ0v) is 7.60. The Morgan fingerprint density at radius 2 is 2.23 bits per heavy atom. The molecule has 13 heavy (non-hydrogen) atoms. The van der Waals surface area contributed by atoms with Gasteiger partial charge in [-0.3, -0.25) is 4.79 Å². The third-order valence-corrected chi connectivity index (χ3v) is 2.86. The highest BCUT2D eigenvalue weighted by atomic mass is 32.2. The Balaban J connectivity index is 2.36. The molecule has 0 spiro atoms. The van der Waals surface area contributed by atoms with Crippen molar-refractivity contribution in [3.05, 3.63) is 41.7 Å². The number of carbonyl (C=O) groups is 1. The Morgan fingerprint density at radius 3 is 2.85 bits per heavy atom. The van der Waals surface area contributed by atoms with E-state index in [0.29, 0.717) is 5.75 Å². The van der Waals surface area contributed by atoms with Gasteiger partial charge in [-0.25, -0.2) is 4.39 Å². The van der Waals surface area contributed by atoms with Crippen LogP contribution < -0.4 is 0 Å². The van der Waals surface area contributed by atoms with Crippen LogP contribution in [-0.2, 0) is 4.79 Å². The Morgan fingerprint density at radius 1 is 1.38 bits per heavy atom. The third kappa shape index (κ3) is 1.80. The van der Waals surface area contributed by atoms with Gasteiger partial charge in [0.05, 0.1) is 5.75 Å². The molecule has 0 atom stereocenters. The van der Waals surface area contributed by atoms with Crippen molar-refractivity contribution in [3.8, 4) is 0 Å². The van der Waals surface area contributed by atoms with Crippen molar-refractivity contribution in [3.63, 3.8) is 0 Å². The summed E-state index contributed by atoms with van der Waals surface area (Å²) in [5.41, 5.74) is 0.788. The molecule has 1 aromatic carbocycles. The molecule has 2 rings (SSSR count). The van der Waals surface area contributed by atoms with E-state index in [0.717, 1.165) is 10.5 Å². The van der Waals surface area contributed by atoms with Gasteiger partial charge in [-0.1, -0.05) is 12.1 Å². The molecule has 0 saturated heterocycles. The van der Waals surface area contributed by atoms with Crippen LogP contribution in [-0.4, -0.2) is 11.5 Å². The van der Waals surface area contributed by atoms with Crippen molar-refractivity contribution in [2.24, 2.45) is 0 Å². The van der Waals surface area contributed by atoms with E-state index in [1.165, 1.54) is 23.9 Å². The molecule has 3 heteroatoms. The number of carbonyl (C=O) groups excluding carboxylic acids is 1. The number of thioether (sulfide) groups is 1. The van der Waals surface area contributed by atoms with Gasteiger partial charge in [-0.15, -0.1) is 11.8 Å². The molecule has 0 fully saturated rings. The van der Waals surface area contributed by atoms with E-state index in [1.54, 1.807) is 18.2 Å². The maximum atomic E-state index is 12.8. The molecule has 1 aliphatic heterocycles. The Bertz CT molecular complexity index is 384. The lowest BCUT2D eigenvalue weighted by molar-refractivity contribution is -0.112. The maximum absolute atomic E-state index is 12.8. The zero-order chi connectivity index (χ0) is 9.26. The Kier molecular flexibility index (Phi) is 2.19. The van der Waals surface area contributed by atoms with E-state index in [2.05, 4.69) is 0 Å². The van der Waals surface area contributed by atoms with Crippen molar-refractivity contribution in [2.75, 3.05) is 5.75 Å². The van der Waals surface area contributed by atoms with E-state index in [1.807, 2.05) is 0 Å². The second kappa shape index (κ2) is 3.34. The molecule has 1 aromatic rings. The highest BCUT2D eigenvalue weighted by Gasteiger charge is 2.14. The lowest BCUT2D eigenvalue weighted by Gasteiger charge is -1.99. The summed E-state index contributed by atoms with van der Waals surface area (Å²) in [4.78, 5) is 11.8. The minimum atomic E-state index is -0.265. The van der Waals surface area contributed by atoms with Crippen LogP contribution in [0.5, 0.6) is 0 Å². The van der Waals surface area contributed by atoms with Gasteiger partial charge in [-0.2, -0.15) is 0 Å². The molecule has 66 valence electrons. The SMILES string of the molecule is O=C1C=C(c2cccc(F)c2)SC1. The van der Waals surface area contributed by atoms with Crippen molar-refractivity contribution in [1.29, 1.82) is 0 Å². The highest BCUT2D eigenvalue weighted by molar-refractivity contribution is 8.09. The number of rotatable bonds is 1. The second-order valence-electron chi connectivity index (χ2n) is 2.77. The molecule has 0 amide bonds. The van der Waals surface area contributed by atoms with Gasteiger partial charge in [0.15, 0.2) is 5.78 Å². The monoisotopic (exact) mass is 194 g/mol. The van der Waals surface area contributed by atoms with E-state index >= 15 is 0 Å². The summed E-state index contributed by atoms with van der Waals surface area (Å²) < 4.78 is 12.8. The van der Waals surface area contributed by atoms with Crippen molar-refractivity contribution < 1.29 is 9.18 Å². The number of hydrogen-bond acceptors (Lipinski definition) is 2. The van der Waals surface area contributed by atoms with Crippen LogP contribution in [0.15, 0.2) is 30.3 Å². The highest BCUT2D eigenvalue weighted by Crippen LogP contribution is 2.32. The zero-order valence-electron chi connectivity index (χ0n) is 6.79. The first-order chi connectivity index (χ1) is 6.25. The van der Waals surface area contributed by atoms with E-state index < -0.39 is 0 Å². The topological polar surface area (TPSA) is 17.1 Å². The number of ketones is 1. The largest absolute Gasteiger partial charge is 0.294 e. The number of benzene rings is 1. The van der Waals surface area contributed by atoms with Crippen LogP contribution in [0.1, 0.15) is 5.56 Å². The number of hydrogen-bond donors (Lipinski definition) is 0. The second-order valence-corrected chi connectivity index (χ2v) is 3.79. The number of halogens is 1. The van der Waals surface area contributed by atoms with Crippen LogP contribution in [0.3, 0.4) is 0 Å². The quantitative estimate of drug-likeness (QED) is 0.683. The van der Waals surface area contributed by atoms with Crippen LogP contribution in [0.4, 0.5) is 4.39 Å². The van der Waals surface area contributed by atoms with Gasteiger partial charge in [0.1, 0.15) is 5.82 Å². The normalized spacial score (nSPS) is 16.1. The Labute approximate surface area is 79.6 Å². The van der Waals surface area contributed by atoms with Gasteiger partial charge in [0.2, 0.25) is 0 Å². The van der Waals surface area contributed by atoms with Gasteiger partial charge < -0.3 is 0 Å². The molecule has 0 unspecified atom stereocenters. The lowest BCUT2D eigenvalue weighted by atomic mass is 10.2. The van der Waals surface area contributed by atoms with E-state index in [4.69, 9.17) is 0 Å². The summed E-state index contributed by atoms with van der Waals surface area (Å²) in [5, 5.41) is 0. The summed E-state index contributed by atoms with van der Waals surface area (Å²) >= 11 is 1.46. The van der Waals surface area contributed by atoms with Crippen LogP contribution in [0.25, 0.3) is 4.91 Å². The first kappa shape index (κ1) is 8.51. The minimum absolute atomic E-state index is 0.101. The fourth-order valence-corrected chi connectivity index (χ4v) is 2.08. The predicted molar refractivity (Wildman–Crippen MR) is 51.8 cm³/mol. The van der Waals surface area contributed by atoms with Gasteiger partial charge in [0.25, 0.3) is 0 Å². The molecule has 0 saturated carbocycles. The molecular formula is C10H7FOS. The molecule has 1 heterocycles. The number of allylic oxidation sites excluding steroid dienone is 1. The van der Waals surface area contributed by atoms with Gasteiger partial charge >= 0.3 is 0 Å². The van der Waals surface area contributed by atoms with Crippen molar-refractivity contribution >= 4 is 22.5 Å². The summed E-state index contributed by atoms with van der Waals surface area (Å²) in [7, 11) is 0. The lowest BCUT2D eigenvalue weighted by Crippen LogP contribution is -1.86. The molecule has 1 nitrogen and oxygen atoms in total. The smallest absolute Gasteiger partial charge is 0.167 e. The fraction of sp³-hybridized carbons (Fsp3) is 0.100. The standard InChI is InChI=1S/C10H7FOS/c11-8-3-1-2-7(4-8)10-5-9(12)6-13-10/h1-5H,6H2. The van der Waals surface area contributed by atoms with E-state index in [-0.39, 0.29) is 11.6 Å². The molecule has 0 N–H and O–H groups in total. The summed E-state index contributed by atoms with van der Waals surface area (Å²) in [6.07, 6.45) is 1.57. The van der Waals surface area contributed by atoms with E-state index in [9.17, 15) is 9.18 Å². The molecule has 1 aliphatic rings. The van der Waals surface area contributed by atoms with Crippen LogP contribution in [0, 0.1) is 5.82 Å². The summed E-state index contributed by atoms with van der Waals surface area (Å²) in [6, 6.07) is 6.29. The third-order valence-electron chi connectivity index (χ3n) is 1.77. The van der Waals surface area contributed by atoms with Crippen LogP contribution in [0.2, 0.25) is 0 Å². The molecule has 0 aromatic heterocycles. The minimum Gasteiger partial charge on any atom is -0.294 e. The average molecular weight is 194 g/mol.